The molecule has 0 aliphatic rings. The Morgan fingerprint density at radius 2 is 2.33 bits per heavy atom. The molecule has 0 radical (unpaired) electrons. The van der Waals surface area contributed by atoms with E-state index in [1.54, 1.807) is 13.1 Å². The van der Waals surface area contributed by atoms with Gasteiger partial charge in [-0.1, -0.05) is 12.1 Å². The minimum Gasteiger partial charge on any atom is -0.490 e. The molecule has 2 rings (SSSR count). The molecular weight excluding hydrogens is 232 g/mol. The number of nitrogens with one attached hydrogen (secondary N) is 1. The van der Waals surface area contributed by atoms with Crippen LogP contribution in [0.15, 0.2) is 22.9 Å². The Bertz CT molecular complexity index is 498. The molecule has 6 nitrogen and oxygen atoms in total. The molecule has 0 unspecified atom stereocenters. The van der Waals surface area contributed by atoms with Gasteiger partial charge in [0.25, 0.3) is 0 Å². The van der Waals surface area contributed by atoms with Crippen LogP contribution in [0.25, 0.3) is 0 Å². The first-order valence-corrected chi connectivity index (χ1v) is 5.90. The highest BCUT2D eigenvalue weighted by molar-refractivity contribution is 5.49. The van der Waals surface area contributed by atoms with Gasteiger partial charge in [-0.2, -0.15) is 4.98 Å². The molecule has 0 aliphatic carbocycles. The minimum atomic E-state index is 0.431. The van der Waals surface area contributed by atoms with Crippen LogP contribution >= 0.6 is 0 Å². The molecule has 0 amide bonds. The van der Waals surface area contributed by atoms with E-state index < -0.39 is 0 Å². The molecule has 2 aromatic rings. The lowest BCUT2D eigenvalue weighted by atomic mass is 10.4. The monoisotopic (exact) mass is 248 g/mol. The number of rotatable bonds is 6. The van der Waals surface area contributed by atoms with Crippen molar-refractivity contribution in [2.24, 2.45) is 0 Å². The molecule has 96 valence electrons. The van der Waals surface area contributed by atoms with Crippen LogP contribution < -0.4 is 10.1 Å². The third-order valence-corrected chi connectivity index (χ3v) is 2.21. The number of hydrogen-bond donors (Lipinski definition) is 1. The molecule has 18 heavy (non-hydrogen) atoms. The highest BCUT2D eigenvalue weighted by atomic mass is 16.5. The predicted molar refractivity (Wildman–Crippen MR) is 66.4 cm³/mol. The van der Waals surface area contributed by atoms with Crippen molar-refractivity contribution < 1.29 is 9.26 Å². The largest absolute Gasteiger partial charge is 0.490 e. The Morgan fingerprint density at radius 1 is 1.44 bits per heavy atom. The highest BCUT2D eigenvalue weighted by Crippen LogP contribution is 2.21. The van der Waals surface area contributed by atoms with Crippen molar-refractivity contribution in [1.82, 2.24) is 15.1 Å². The maximum atomic E-state index is 5.59. The highest BCUT2D eigenvalue weighted by Gasteiger charge is 2.06. The van der Waals surface area contributed by atoms with Gasteiger partial charge >= 0.3 is 0 Å². The fourth-order valence-electron chi connectivity index (χ4n) is 1.42. The van der Waals surface area contributed by atoms with Crippen LogP contribution in [0.4, 0.5) is 5.82 Å². The Morgan fingerprint density at radius 3 is 3.06 bits per heavy atom. The van der Waals surface area contributed by atoms with Crippen molar-refractivity contribution in [1.29, 1.82) is 0 Å². The summed E-state index contributed by atoms with van der Waals surface area (Å²) in [6.45, 7) is 4.94. The normalized spacial score (nSPS) is 10.3. The fraction of sp³-hybridized carbons (Fsp3) is 0.417. The van der Waals surface area contributed by atoms with Crippen molar-refractivity contribution in [3.05, 3.63) is 30.0 Å². The summed E-state index contributed by atoms with van der Waals surface area (Å²) in [5, 5.41) is 6.84. The summed E-state index contributed by atoms with van der Waals surface area (Å²) in [6, 6.07) is 3.72. The molecule has 0 bridgehead atoms. The van der Waals surface area contributed by atoms with E-state index in [1.165, 1.54) is 0 Å². The van der Waals surface area contributed by atoms with E-state index >= 15 is 0 Å². The van der Waals surface area contributed by atoms with Crippen LogP contribution in [0, 0.1) is 6.92 Å². The second-order valence-electron chi connectivity index (χ2n) is 3.79. The van der Waals surface area contributed by atoms with Crippen molar-refractivity contribution >= 4 is 5.82 Å². The van der Waals surface area contributed by atoms with Gasteiger partial charge in [-0.15, -0.1) is 0 Å². The third kappa shape index (κ3) is 3.19. The number of aromatic nitrogens is 3. The summed E-state index contributed by atoms with van der Waals surface area (Å²) in [5.74, 6) is 2.56. The van der Waals surface area contributed by atoms with Gasteiger partial charge in [0.15, 0.2) is 17.4 Å². The second kappa shape index (κ2) is 6.00. The zero-order valence-corrected chi connectivity index (χ0v) is 10.5. The molecule has 2 aromatic heterocycles. The van der Waals surface area contributed by atoms with Crippen LogP contribution in [0.2, 0.25) is 0 Å². The summed E-state index contributed by atoms with van der Waals surface area (Å²) in [4.78, 5) is 8.34. The van der Waals surface area contributed by atoms with Crippen LogP contribution in [0.5, 0.6) is 5.75 Å². The van der Waals surface area contributed by atoms with Crippen molar-refractivity contribution in [2.45, 2.75) is 26.8 Å². The van der Waals surface area contributed by atoms with Crippen molar-refractivity contribution in [3.63, 3.8) is 0 Å². The maximum Gasteiger partial charge on any atom is 0.245 e. The second-order valence-corrected chi connectivity index (χ2v) is 3.79. The van der Waals surface area contributed by atoms with Crippen LogP contribution in [0.3, 0.4) is 0 Å². The smallest absolute Gasteiger partial charge is 0.245 e. The number of aryl methyl sites for hydroxylation is 1. The standard InChI is InChI=1S/C12H16N4O2/c1-3-7-17-10-5-4-6-13-12(10)14-8-11-15-9(2)16-18-11/h4-6H,3,7-8H2,1-2H3,(H,13,14). The first kappa shape index (κ1) is 12.3. The van der Waals surface area contributed by atoms with Gasteiger partial charge in [-0.3, -0.25) is 0 Å². The molecule has 0 aliphatic heterocycles. The average molecular weight is 248 g/mol. The summed E-state index contributed by atoms with van der Waals surface area (Å²) in [7, 11) is 0. The average Bonchev–Trinajstić information content (AvgIpc) is 2.81. The van der Waals surface area contributed by atoms with Gasteiger partial charge in [0.1, 0.15) is 0 Å². The first-order chi connectivity index (χ1) is 8.79. The SMILES string of the molecule is CCCOc1cccnc1NCc1nc(C)no1. The quantitative estimate of drug-likeness (QED) is 0.844. The van der Waals surface area contributed by atoms with E-state index in [2.05, 4.69) is 27.4 Å². The van der Waals surface area contributed by atoms with E-state index in [0.717, 1.165) is 12.2 Å². The first-order valence-electron chi connectivity index (χ1n) is 5.90. The number of pyridine rings is 1. The van der Waals surface area contributed by atoms with E-state index in [4.69, 9.17) is 9.26 Å². The molecule has 0 aromatic carbocycles. The predicted octanol–water partition coefficient (Wildman–Crippen LogP) is 2.17. The van der Waals surface area contributed by atoms with Crippen LogP contribution in [-0.2, 0) is 6.54 Å². The molecule has 0 spiro atoms. The Hall–Kier alpha value is -2.11. The number of ether oxygens (including phenoxy) is 1. The lowest BCUT2D eigenvalue weighted by Gasteiger charge is -2.09. The van der Waals surface area contributed by atoms with Gasteiger partial charge in [0, 0.05) is 6.20 Å². The van der Waals surface area contributed by atoms with Gasteiger partial charge < -0.3 is 14.6 Å². The van der Waals surface area contributed by atoms with E-state index in [-0.39, 0.29) is 0 Å². The molecule has 6 heteroatoms. The van der Waals surface area contributed by atoms with E-state index in [0.29, 0.717) is 30.7 Å². The summed E-state index contributed by atoms with van der Waals surface area (Å²) in [5.41, 5.74) is 0. The zero-order valence-electron chi connectivity index (χ0n) is 10.5. The lowest BCUT2D eigenvalue weighted by Crippen LogP contribution is -2.05. The molecule has 2 heterocycles. The molecular formula is C12H16N4O2. The lowest BCUT2D eigenvalue weighted by molar-refractivity contribution is 0.317. The molecule has 0 fully saturated rings. The van der Waals surface area contributed by atoms with Gasteiger partial charge in [0.2, 0.25) is 5.89 Å². The molecule has 0 saturated heterocycles. The van der Waals surface area contributed by atoms with Crippen molar-refractivity contribution in [3.8, 4) is 5.75 Å². The van der Waals surface area contributed by atoms with Gasteiger partial charge in [-0.25, -0.2) is 4.98 Å². The molecule has 0 saturated carbocycles. The Kier molecular flexibility index (Phi) is 4.11. The van der Waals surface area contributed by atoms with E-state index in [9.17, 15) is 0 Å². The summed E-state index contributed by atoms with van der Waals surface area (Å²) < 4.78 is 10.6. The number of anilines is 1. The van der Waals surface area contributed by atoms with Crippen molar-refractivity contribution in [2.75, 3.05) is 11.9 Å². The molecule has 1 N–H and O–H groups in total. The minimum absolute atomic E-state index is 0.431. The Labute approximate surface area is 105 Å². The topological polar surface area (TPSA) is 73.1 Å². The van der Waals surface area contributed by atoms with E-state index in [1.807, 2.05) is 12.1 Å². The fourth-order valence-corrected chi connectivity index (χ4v) is 1.42. The number of nitrogens with zero attached hydrogens (tertiary/aromatic N) is 3. The van der Waals surface area contributed by atoms with Gasteiger partial charge in [0.05, 0.1) is 13.2 Å². The summed E-state index contributed by atoms with van der Waals surface area (Å²) >= 11 is 0. The summed E-state index contributed by atoms with van der Waals surface area (Å²) in [6.07, 6.45) is 2.66. The van der Waals surface area contributed by atoms with Crippen LogP contribution in [-0.4, -0.2) is 21.7 Å². The number of hydrogen-bond acceptors (Lipinski definition) is 6. The van der Waals surface area contributed by atoms with Gasteiger partial charge in [-0.05, 0) is 25.5 Å². The van der Waals surface area contributed by atoms with Crippen LogP contribution in [0.1, 0.15) is 25.1 Å². The Balaban J connectivity index is 1.99. The maximum absolute atomic E-state index is 5.59. The third-order valence-electron chi connectivity index (χ3n) is 2.21. The zero-order chi connectivity index (χ0) is 12.8. The molecule has 0 atom stereocenters.